The molecule has 0 spiro atoms. The van der Waals surface area contributed by atoms with E-state index in [0.29, 0.717) is 5.69 Å². The molecule has 0 N–H and O–H groups in total. The number of hydrogen-bond acceptors (Lipinski definition) is 6. The molecule has 5 nitrogen and oxygen atoms in total. The molecule has 0 aromatic carbocycles. The molecular formula is C13H20N2O3S. The fourth-order valence-corrected chi connectivity index (χ4v) is 3.31. The summed E-state index contributed by atoms with van der Waals surface area (Å²) in [7, 11) is 1.38. The number of morpholine rings is 1. The lowest BCUT2D eigenvalue weighted by atomic mass is 10.1. The van der Waals surface area contributed by atoms with Gasteiger partial charge < -0.3 is 14.4 Å². The second-order valence-electron chi connectivity index (χ2n) is 5.46. The number of methoxy groups -OCH3 is 1. The van der Waals surface area contributed by atoms with Crippen molar-refractivity contribution in [2.24, 2.45) is 0 Å². The Morgan fingerprint density at radius 3 is 2.84 bits per heavy atom. The molecule has 1 atom stereocenters. The van der Waals surface area contributed by atoms with Gasteiger partial charge in [-0.3, -0.25) is 0 Å². The Morgan fingerprint density at radius 1 is 1.58 bits per heavy atom. The van der Waals surface area contributed by atoms with Gasteiger partial charge in [-0.2, -0.15) is 0 Å². The summed E-state index contributed by atoms with van der Waals surface area (Å²) in [4.78, 5) is 19.1. The summed E-state index contributed by atoms with van der Waals surface area (Å²) in [5.41, 5.74) is 0.210. The van der Waals surface area contributed by atoms with Gasteiger partial charge in [-0.15, -0.1) is 11.3 Å². The highest BCUT2D eigenvalue weighted by molar-refractivity contribution is 7.15. The number of carbonyl (C=O) groups is 1. The van der Waals surface area contributed by atoms with Gasteiger partial charge in [-0.25, -0.2) is 9.78 Å². The number of hydrogen-bond donors (Lipinski definition) is 0. The highest BCUT2D eigenvalue weighted by atomic mass is 32.1. The highest BCUT2D eigenvalue weighted by Crippen LogP contribution is 2.31. The minimum atomic E-state index is -0.374. The number of esters is 1. The molecule has 1 aromatic heterocycles. The van der Waals surface area contributed by atoms with Crippen LogP contribution in [0.25, 0.3) is 0 Å². The summed E-state index contributed by atoms with van der Waals surface area (Å²) in [6, 6.07) is 0. The summed E-state index contributed by atoms with van der Waals surface area (Å²) >= 11 is 1.53. The monoisotopic (exact) mass is 284 g/mol. The number of rotatable bonds is 2. The molecule has 1 aliphatic rings. The molecule has 1 unspecified atom stereocenters. The number of aryl methyl sites for hydroxylation is 1. The highest BCUT2D eigenvalue weighted by Gasteiger charge is 2.33. The van der Waals surface area contributed by atoms with Gasteiger partial charge in [-0.1, -0.05) is 0 Å². The number of anilines is 1. The predicted molar refractivity (Wildman–Crippen MR) is 75.0 cm³/mol. The van der Waals surface area contributed by atoms with Gasteiger partial charge in [0.15, 0.2) is 10.8 Å². The topological polar surface area (TPSA) is 51.7 Å². The lowest BCUT2D eigenvalue weighted by molar-refractivity contribution is -0.0749. The SMILES string of the molecule is COC(=O)c1nc(N2CC(C)OC(C)(C)C2)sc1C. The van der Waals surface area contributed by atoms with E-state index in [2.05, 4.69) is 30.7 Å². The van der Waals surface area contributed by atoms with E-state index in [1.54, 1.807) is 0 Å². The third-order valence-electron chi connectivity index (χ3n) is 3.00. The van der Waals surface area contributed by atoms with Crippen molar-refractivity contribution < 1.29 is 14.3 Å². The molecule has 0 amide bonds. The maximum Gasteiger partial charge on any atom is 0.357 e. The number of thiazole rings is 1. The van der Waals surface area contributed by atoms with Crippen LogP contribution in [-0.4, -0.2) is 42.9 Å². The van der Waals surface area contributed by atoms with Crippen molar-refractivity contribution >= 4 is 22.4 Å². The first-order valence-electron chi connectivity index (χ1n) is 6.31. The van der Waals surface area contributed by atoms with Crippen LogP contribution in [0.5, 0.6) is 0 Å². The van der Waals surface area contributed by atoms with Gasteiger partial charge in [0.1, 0.15) is 0 Å². The molecule has 0 aliphatic carbocycles. The first kappa shape index (κ1) is 14.3. The summed E-state index contributed by atoms with van der Waals surface area (Å²) in [5, 5.41) is 0.862. The molecule has 1 aliphatic heterocycles. The van der Waals surface area contributed by atoms with E-state index < -0.39 is 0 Å². The predicted octanol–water partition coefficient (Wildman–Crippen LogP) is 2.24. The lowest BCUT2D eigenvalue weighted by Crippen LogP contribution is -2.52. The van der Waals surface area contributed by atoms with E-state index in [-0.39, 0.29) is 17.7 Å². The lowest BCUT2D eigenvalue weighted by Gasteiger charge is -2.41. The smallest absolute Gasteiger partial charge is 0.357 e. The van der Waals surface area contributed by atoms with Crippen LogP contribution in [0.4, 0.5) is 5.13 Å². The molecule has 2 heterocycles. The van der Waals surface area contributed by atoms with Crippen LogP contribution in [0, 0.1) is 6.92 Å². The summed E-state index contributed by atoms with van der Waals surface area (Å²) < 4.78 is 10.6. The molecule has 0 radical (unpaired) electrons. The van der Waals surface area contributed by atoms with Crippen molar-refractivity contribution in [1.29, 1.82) is 0 Å². The average molecular weight is 284 g/mol. The maximum absolute atomic E-state index is 11.6. The standard InChI is InChI=1S/C13H20N2O3S/c1-8-6-15(7-13(3,4)18-8)12-14-10(9(2)19-12)11(16)17-5/h8H,6-7H2,1-5H3. The van der Waals surface area contributed by atoms with E-state index in [1.807, 2.05) is 6.92 Å². The minimum Gasteiger partial charge on any atom is -0.464 e. The zero-order valence-electron chi connectivity index (χ0n) is 12.0. The average Bonchev–Trinajstić information content (AvgIpc) is 2.68. The van der Waals surface area contributed by atoms with Crippen LogP contribution in [0.15, 0.2) is 0 Å². The van der Waals surface area contributed by atoms with Crippen molar-refractivity contribution in [2.45, 2.75) is 39.4 Å². The number of ether oxygens (including phenoxy) is 2. The summed E-state index contributed by atoms with van der Waals surface area (Å²) in [5.74, 6) is -0.374. The van der Waals surface area contributed by atoms with Gasteiger partial charge in [0.25, 0.3) is 0 Å². The zero-order chi connectivity index (χ0) is 14.2. The molecule has 0 saturated carbocycles. The Bertz CT molecular complexity index is 484. The van der Waals surface area contributed by atoms with Crippen LogP contribution < -0.4 is 4.90 Å². The van der Waals surface area contributed by atoms with Gasteiger partial charge >= 0.3 is 5.97 Å². The van der Waals surface area contributed by atoms with E-state index in [4.69, 9.17) is 9.47 Å². The van der Waals surface area contributed by atoms with Gasteiger partial charge in [0.05, 0.1) is 18.8 Å². The van der Waals surface area contributed by atoms with Crippen LogP contribution in [0.2, 0.25) is 0 Å². The molecule has 6 heteroatoms. The Morgan fingerprint density at radius 2 is 2.26 bits per heavy atom. The third kappa shape index (κ3) is 3.06. The quantitative estimate of drug-likeness (QED) is 0.780. The van der Waals surface area contributed by atoms with E-state index >= 15 is 0 Å². The number of carbonyl (C=O) groups excluding carboxylic acids is 1. The fourth-order valence-electron chi connectivity index (χ4n) is 2.40. The summed E-state index contributed by atoms with van der Waals surface area (Å²) in [6.07, 6.45) is 0.148. The van der Waals surface area contributed by atoms with Crippen LogP contribution in [-0.2, 0) is 9.47 Å². The van der Waals surface area contributed by atoms with E-state index in [1.165, 1.54) is 18.4 Å². The number of aromatic nitrogens is 1. The van der Waals surface area contributed by atoms with Crippen LogP contribution >= 0.6 is 11.3 Å². The Balaban J connectivity index is 2.25. The van der Waals surface area contributed by atoms with Crippen LogP contribution in [0.3, 0.4) is 0 Å². The molecule has 19 heavy (non-hydrogen) atoms. The maximum atomic E-state index is 11.6. The number of nitrogens with zero attached hydrogens (tertiary/aromatic N) is 2. The first-order valence-corrected chi connectivity index (χ1v) is 7.12. The van der Waals surface area contributed by atoms with Crippen molar-refractivity contribution in [2.75, 3.05) is 25.1 Å². The Labute approximate surface area is 117 Å². The first-order chi connectivity index (χ1) is 8.82. The molecule has 1 aromatic rings. The Hall–Kier alpha value is -1.14. The minimum absolute atomic E-state index is 0.148. The molecule has 2 rings (SSSR count). The largest absolute Gasteiger partial charge is 0.464 e. The molecule has 1 fully saturated rings. The van der Waals surface area contributed by atoms with Gasteiger partial charge in [0, 0.05) is 18.0 Å². The Kier molecular flexibility index (Phi) is 3.82. The van der Waals surface area contributed by atoms with Crippen molar-refractivity contribution in [3.05, 3.63) is 10.6 Å². The molecule has 0 bridgehead atoms. The van der Waals surface area contributed by atoms with E-state index in [9.17, 15) is 4.79 Å². The normalized spacial score (nSPS) is 22.4. The second-order valence-corrected chi connectivity index (χ2v) is 6.64. The van der Waals surface area contributed by atoms with Gasteiger partial charge in [-0.05, 0) is 27.7 Å². The van der Waals surface area contributed by atoms with E-state index in [0.717, 1.165) is 23.1 Å². The van der Waals surface area contributed by atoms with Crippen LogP contribution in [0.1, 0.15) is 36.1 Å². The summed E-state index contributed by atoms with van der Waals surface area (Å²) in [6.45, 7) is 9.63. The second kappa shape index (κ2) is 5.09. The molecular weight excluding hydrogens is 264 g/mol. The van der Waals surface area contributed by atoms with Crippen molar-refractivity contribution in [3.8, 4) is 0 Å². The van der Waals surface area contributed by atoms with Gasteiger partial charge in [0.2, 0.25) is 0 Å². The molecule has 1 saturated heterocycles. The molecule has 106 valence electrons. The fraction of sp³-hybridized carbons (Fsp3) is 0.692. The zero-order valence-corrected chi connectivity index (χ0v) is 12.8. The van der Waals surface area contributed by atoms with Crippen molar-refractivity contribution in [1.82, 2.24) is 4.98 Å². The third-order valence-corrected chi connectivity index (χ3v) is 4.04. The van der Waals surface area contributed by atoms with Crippen molar-refractivity contribution in [3.63, 3.8) is 0 Å².